The van der Waals surface area contributed by atoms with Crippen LogP contribution in [0.25, 0.3) is 89.0 Å². The third-order valence-corrected chi connectivity index (χ3v) is 34.1. The molecule has 4 aromatic heterocycles. The third kappa shape index (κ3) is 10.8. The van der Waals surface area contributed by atoms with Crippen LogP contribution in [0, 0.1) is 0 Å². The molecular weight excluding hydrogens is 1700 g/mol. The molecule has 0 saturated carbocycles. The fraction of sp³-hybridized carbons (Fsp3) is 0.121. The van der Waals surface area contributed by atoms with Crippen molar-refractivity contribution in [2.45, 2.75) is 103 Å². The maximum Gasteiger partial charge on any atom is 0.141 e. The summed E-state index contributed by atoms with van der Waals surface area (Å²) in [5.74, 6) is 1.09. The van der Waals surface area contributed by atoms with Crippen molar-refractivity contribution in [3.05, 3.63) is 519 Å². The Kier molecular flexibility index (Phi) is 15.6. The average molecular weight is 1790 g/mol. The van der Waals surface area contributed by atoms with Crippen molar-refractivity contribution in [1.29, 1.82) is 0 Å². The molecule has 0 amide bonds. The molecule has 0 atom stereocenters. The second-order valence-electron chi connectivity index (χ2n) is 41.5. The summed E-state index contributed by atoms with van der Waals surface area (Å²) in [5, 5.41) is 0. The van der Waals surface area contributed by atoms with Crippen LogP contribution in [0.2, 0.25) is 0 Å². The maximum absolute atomic E-state index is 4.88. The summed E-state index contributed by atoms with van der Waals surface area (Å²) in [6.07, 6.45) is 28.0. The number of pyridine rings is 4. The van der Waals surface area contributed by atoms with Gasteiger partial charge >= 0.3 is 0 Å². The van der Waals surface area contributed by atoms with Crippen LogP contribution in [0.4, 0.5) is 68.4 Å². The van der Waals surface area contributed by atoms with Gasteiger partial charge in [-0.1, -0.05) is 224 Å². The summed E-state index contributed by atoms with van der Waals surface area (Å²) >= 11 is 0. The number of fused-ring (bicyclic) bond motifs is 44. The molecule has 8 aliphatic heterocycles. The van der Waals surface area contributed by atoms with Gasteiger partial charge in [0.25, 0.3) is 0 Å². The molecule has 0 saturated heterocycles. The Bertz CT molecular complexity index is 8040. The van der Waals surface area contributed by atoms with E-state index >= 15 is 0 Å². The highest BCUT2D eigenvalue weighted by Gasteiger charge is 2.45. The smallest absolute Gasteiger partial charge is 0.141 e. The van der Waals surface area contributed by atoms with Crippen LogP contribution in [0.1, 0.15) is 178 Å². The number of rotatable bonds is 0. The average Bonchev–Trinajstić information content (AvgIpc) is 1.37. The van der Waals surface area contributed by atoms with E-state index in [1.54, 1.807) is 0 Å². The van der Waals surface area contributed by atoms with E-state index in [4.69, 9.17) is 9.97 Å². The summed E-state index contributed by atoms with van der Waals surface area (Å²) < 4.78 is 0. The number of nitrogens with zero attached hydrogens (tertiary/aromatic N) is 8. The molecule has 0 N–H and O–H groups in total. The molecule has 16 aromatic carbocycles. The van der Waals surface area contributed by atoms with Crippen LogP contribution >= 0.6 is 0 Å². The van der Waals surface area contributed by atoms with Gasteiger partial charge in [0.05, 0.1) is 57.4 Å². The molecule has 656 valence electrons. The molecule has 16 aliphatic rings. The molecule has 8 heteroatoms. The van der Waals surface area contributed by atoms with Crippen molar-refractivity contribution in [2.24, 2.45) is 0 Å². The van der Waals surface area contributed by atoms with Crippen molar-refractivity contribution in [1.82, 2.24) is 19.9 Å². The molecule has 36 rings (SSSR count). The standard InChI is InChI=1S/4C33H22N2/c1-3-9-26-19(6-1)12-22-14-23-15-24-16-25-13-21-8-5-11-34-33(21)35-30-10-4-2-7-20(30)17-29(32(25)35)31(24)28(23)18-27(22)26;1-3-8-25-19(6-1)12-21-13-22-14-23-15-24-17-29-31(10-5-11-34-29)35-30-9-4-2-7-20(30)16-28(33(24)35)32(23)27(22)18-26(21)25;1-3-7-26-19(5-1)11-21-12-22-13-23-14-24-15-25-18-34-10-9-31(25)35-30-8-4-2-6-20(30)16-29(33(24)35)32(23)28(22)17-27(21)26;1-3-7-26-19(5-1)11-22-13-23-14-24-15-25-12-21-9-10-34-18-31(21)35-30-8-4-2-6-20(30)16-29(33(25)35)32(24)28(23)17-27(22)26/h1-11,14,16,18H,12-13,15,17H2;1-11,13,15,18H,12,14,16-17H2;1-10,12,14,17-18H,11,13,15-16H2;1-10,13,15,17-18H,11-12,14,16H2. The molecule has 140 heavy (non-hydrogen) atoms. The summed E-state index contributed by atoms with van der Waals surface area (Å²) in [6.45, 7) is 0. The molecule has 0 fully saturated rings. The quantitative estimate of drug-likeness (QED) is 0.149. The first-order valence-electron chi connectivity index (χ1n) is 50.3. The van der Waals surface area contributed by atoms with E-state index in [-0.39, 0.29) is 0 Å². The monoisotopic (exact) mass is 1780 g/mol. The van der Waals surface area contributed by atoms with Crippen LogP contribution in [-0.4, -0.2) is 19.9 Å². The number of hydrogen-bond acceptors (Lipinski definition) is 8. The minimum absolute atomic E-state index is 0.907. The van der Waals surface area contributed by atoms with Gasteiger partial charge in [0, 0.05) is 99.4 Å². The SMILES string of the molecule is c1ccc2c(c1)Cc1cc3c(cc1-2)-c1c(cc2c4c1Cc1ccccc1N4c1cccnc1C2)C3.c1ccc2c(c1)Cc1cc3c(cc1-2)-c1c(cc2c4c1Cc1ccccc1N4c1ccncc1C2)C3.c1ccc2c(c1)Cc1cc3c(cc1-2)-c1c(cc2c4c1Cc1ccccc1N4c1cnccc1C2)C3.c1ccc2c(c1)Cc1cc3c(cc1-2)-c1c(cc2c4c1Cc1ccccc1N4c1ncccc1C2)C3. The van der Waals surface area contributed by atoms with E-state index in [0.29, 0.717) is 0 Å². The molecule has 0 bridgehead atoms. The lowest BCUT2D eigenvalue weighted by molar-refractivity contribution is 0.968. The second kappa shape index (κ2) is 28.5. The number of para-hydroxylation sites is 4. The highest BCUT2D eigenvalue weighted by Crippen LogP contribution is 2.63. The lowest BCUT2D eigenvalue weighted by Gasteiger charge is -2.40. The minimum atomic E-state index is 0.907. The predicted molar refractivity (Wildman–Crippen MR) is 564 cm³/mol. The first-order valence-corrected chi connectivity index (χ1v) is 50.3. The van der Waals surface area contributed by atoms with E-state index in [9.17, 15) is 0 Å². The van der Waals surface area contributed by atoms with Gasteiger partial charge in [-0.2, -0.15) is 0 Å². The van der Waals surface area contributed by atoms with Gasteiger partial charge in [0.1, 0.15) is 5.82 Å². The van der Waals surface area contributed by atoms with E-state index < -0.39 is 0 Å². The first-order chi connectivity index (χ1) is 69.3. The van der Waals surface area contributed by atoms with Crippen molar-refractivity contribution in [3.63, 3.8) is 0 Å². The van der Waals surface area contributed by atoms with E-state index in [1.165, 1.54) is 330 Å². The van der Waals surface area contributed by atoms with Crippen LogP contribution in [0.3, 0.4) is 0 Å². The van der Waals surface area contributed by atoms with Crippen molar-refractivity contribution in [3.8, 4) is 89.0 Å². The van der Waals surface area contributed by atoms with Gasteiger partial charge in [0.2, 0.25) is 0 Å². The summed E-state index contributed by atoms with van der Waals surface area (Å²) in [5.41, 5.74) is 83.9. The highest BCUT2D eigenvalue weighted by atomic mass is 15.2. The summed E-state index contributed by atoms with van der Waals surface area (Å²) in [6, 6.07) is 114. The Balaban J connectivity index is 0.0000000829. The highest BCUT2D eigenvalue weighted by molar-refractivity contribution is 6.04. The van der Waals surface area contributed by atoms with E-state index in [2.05, 4.69) is 345 Å². The van der Waals surface area contributed by atoms with E-state index in [1.807, 2.05) is 24.8 Å². The number of hydrogen-bond donors (Lipinski definition) is 0. The van der Waals surface area contributed by atoms with Gasteiger partial charge in [-0.05, 0) is 392 Å². The minimum Gasteiger partial charge on any atom is -0.309 e. The zero-order valence-electron chi connectivity index (χ0n) is 77.2. The van der Waals surface area contributed by atoms with Crippen molar-refractivity contribution >= 4 is 68.4 Å². The molecular formula is C132H88N8. The fourth-order valence-corrected chi connectivity index (χ4v) is 28.5. The number of benzene rings is 16. The van der Waals surface area contributed by atoms with Gasteiger partial charge in [-0.15, -0.1) is 0 Å². The van der Waals surface area contributed by atoms with Crippen LogP contribution in [-0.2, 0) is 103 Å². The zero-order valence-corrected chi connectivity index (χ0v) is 77.2. The second-order valence-corrected chi connectivity index (χ2v) is 41.5. The normalized spacial score (nSPS) is 14.9. The third-order valence-electron chi connectivity index (χ3n) is 34.1. The zero-order chi connectivity index (χ0) is 90.7. The summed E-state index contributed by atoms with van der Waals surface area (Å²) in [7, 11) is 0. The molecule has 8 aliphatic carbocycles. The Morgan fingerprint density at radius 2 is 0.436 bits per heavy atom. The van der Waals surface area contributed by atoms with Crippen molar-refractivity contribution in [2.75, 3.05) is 19.6 Å². The van der Waals surface area contributed by atoms with E-state index in [0.717, 1.165) is 109 Å². The molecule has 0 spiro atoms. The van der Waals surface area contributed by atoms with Gasteiger partial charge in [-0.25, -0.2) is 4.98 Å². The summed E-state index contributed by atoms with van der Waals surface area (Å²) in [4.78, 5) is 28.6. The largest absolute Gasteiger partial charge is 0.309 e. The molecule has 0 unspecified atom stereocenters. The number of anilines is 12. The van der Waals surface area contributed by atoms with Crippen LogP contribution < -0.4 is 19.6 Å². The molecule has 20 aromatic rings. The van der Waals surface area contributed by atoms with Crippen LogP contribution in [0.5, 0.6) is 0 Å². The maximum atomic E-state index is 4.88. The fourth-order valence-electron chi connectivity index (χ4n) is 28.5. The van der Waals surface area contributed by atoms with Crippen molar-refractivity contribution < 1.29 is 0 Å². The Morgan fingerprint density at radius 1 is 0.157 bits per heavy atom. The lowest BCUT2D eigenvalue weighted by Crippen LogP contribution is -2.26. The van der Waals surface area contributed by atoms with Gasteiger partial charge in [-0.3, -0.25) is 19.9 Å². The lowest BCUT2D eigenvalue weighted by atomic mass is 9.82. The van der Waals surface area contributed by atoms with Gasteiger partial charge in [0.15, 0.2) is 0 Å². The topological polar surface area (TPSA) is 64.5 Å². The first kappa shape index (κ1) is 76.5. The molecule has 8 nitrogen and oxygen atoms in total. The Hall–Kier alpha value is -16.7. The van der Waals surface area contributed by atoms with Crippen LogP contribution in [0.15, 0.2) is 340 Å². The van der Waals surface area contributed by atoms with Gasteiger partial charge < -0.3 is 14.7 Å². The Labute approximate surface area is 812 Å². The molecule has 12 heterocycles. The predicted octanol–water partition coefficient (Wildman–Crippen LogP) is 30.0. The Morgan fingerprint density at radius 3 is 0.871 bits per heavy atom. The number of aromatic nitrogens is 4. The molecule has 0 radical (unpaired) electrons.